The Kier molecular flexibility index (Phi) is 4.90. The van der Waals surface area contributed by atoms with Gasteiger partial charge in [-0.1, -0.05) is 12.1 Å². The van der Waals surface area contributed by atoms with E-state index in [-0.39, 0.29) is 11.9 Å². The Bertz CT molecular complexity index is 783. The van der Waals surface area contributed by atoms with E-state index in [0.717, 1.165) is 48.1 Å². The molecule has 2 aliphatic rings. The Balaban J connectivity index is 1.45. The Morgan fingerprint density at radius 3 is 3.19 bits per heavy atom. The van der Waals surface area contributed by atoms with E-state index in [1.165, 1.54) is 0 Å². The molecule has 4 rings (SSSR count). The van der Waals surface area contributed by atoms with E-state index in [4.69, 9.17) is 14.5 Å². The molecule has 7 heteroatoms. The molecule has 1 amide bonds. The summed E-state index contributed by atoms with van der Waals surface area (Å²) in [5.74, 6) is 1.79. The van der Waals surface area contributed by atoms with Gasteiger partial charge in [0.05, 0.1) is 38.3 Å². The maximum Gasteiger partial charge on any atom is 0.224 e. The van der Waals surface area contributed by atoms with Crippen LogP contribution in [0.2, 0.25) is 0 Å². The molecule has 0 spiro atoms. The highest BCUT2D eigenvalue weighted by Crippen LogP contribution is 2.25. The number of nitrogens with zero attached hydrogens (tertiary/aromatic N) is 2. The summed E-state index contributed by atoms with van der Waals surface area (Å²) in [6.45, 7) is 3.43. The minimum absolute atomic E-state index is 0.117. The first-order valence-electron chi connectivity index (χ1n) is 9.04. The molecule has 3 heterocycles. The first kappa shape index (κ1) is 17.1. The lowest BCUT2D eigenvalue weighted by molar-refractivity contribution is -0.133. The largest absolute Gasteiger partial charge is 0.497 e. The Labute approximate surface area is 152 Å². The van der Waals surface area contributed by atoms with Crippen LogP contribution in [0.15, 0.2) is 24.3 Å². The number of carbonyl (C=O) groups is 1. The Hall–Kier alpha value is -2.38. The number of carbonyl (C=O) groups excluding carboxylic acids is 1. The van der Waals surface area contributed by atoms with Crippen LogP contribution in [0.5, 0.6) is 5.75 Å². The number of morpholine rings is 1. The third-order valence-electron chi connectivity index (χ3n) is 4.95. The smallest absolute Gasteiger partial charge is 0.224 e. The van der Waals surface area contributed by atoms with E-state index < -0.39 is 0 Å². The number of rotatable bonds is 4. The summed E-state index contributed by atoms with van der Waals surface area (Å²) in [6, 6.07) is 7.94. The van der Waals surface area contributed by atoms with Gasteiger partial charge in [-0.25, -0.2) is 4.98 Å². The molecule has 0 unspecified atom stereocenters. The SMILES string of the molecule is COc1cccc(-c2nc3c([nH]2)CN(C(=O)C[C@@H]2COCCN2)CC3)c1. The zero-order valence-corrected chi connectivity index (χ0v) is 15.0. The number of nitrogens with one attached hydrogen (secondary N) is 2. The molecule has 1 atom stereocenters. The summed E-state index contributed by atoms with van der Waals surface area (Å²) in [5.41, 5.74) is 3.06. The molecule has 0 radical (unpaired) electrons. The second kappa shape index (κ2) is 7.47. The first-order chi connectivity index (χ1) is 12.7. The van der Waals surface area contributed by atoms with Crippen LogP contribution in [0.1, 0.15) is 17.8 Å². The first-order valence-corrected chi connectivity index (χ1v) is 9.04. The minimum Gasteiger partial charge on any atom is -0.497 e. The van der Waals surface area contributed by atoms with Crippen molar-refractivity contribution in [1.82, 2.24) is 20.2 Å². The lowest BCUT2D eigenvalue weighted by Gasteiger charge is -2.29. The fourth-order valence-corrected chi connectivity index (χ4v) is 3.50. The van der Waals surface area contributed by atoms with Crippen molar-refractivity contribution in [3.63, 3.8) is 0 Å². The molecule has 1 aromatic carbocycles. The maximum atomic E-state index is 12.6. The lowest BCUT2D eigenvalue weighted by Crippen LogP contribution is -2.46. The Morgan fingerprint density at radius 1 is 1.46 bits per heavy atom. The average molecular weight is 356 g/mol. The molecule has 1 fully saturated rings. The van der Waals surface area contributed by atoms with Crippen molar-refractivity contribution < 1.29 is 14.3 Å². The topological polar surface area (TPSA) is 79.5 Å². The number of benzene rings is 1. The molecule has 2 aromatic rings. The molecule has 0 aliphatic carbocycles. The number of hydrogen-bond acceptors (Lipinski definition) is 5. The number of amides is 1. The number of hydrogen-bond donors (Lipinski definition) is 2. The molecule has 0 saturated carbocycles. The zero-order valence-electron chi connectivity index (χ0n) is 15.0. The van der Waals surface area contributed by atoms with Gasteiger partial charge in [-0.15, -0.1) is 0 Å². The zero-order chi connectivity index (χ0) is 17.9. The van der Waals surface area contributed by atoms with E-state index in [1.807, 2.05) is 29.2 Å². The number of H-pyrrole nitrogens is 1. The van der Waals surface area contributed by atoms with Gasteiger partial charge < -0.3 is 24.7 Å². The van der Waals surface area contributed by atoms with E-state index in [0.29, 0.717) is 26.1 Å². The van der Waals surface area contributed by atoms with Crippen LogP contribution in [0.4, 0.5) is 0 Å². The summed E-state index contributed by atoms with van der Waals surface area (Å²) >= 11 is 0. The van der Waals surface area contributed by atoms with Crippen LogP contribution in [-0.4, -0.2) is 60.2 Å². The third-order valence-corrected chi connectivity index (χ3v) is 4.95. The quantitative estimate of drug-likeness (QED) is 0.864. The summed E-state index contributed by atoms with van der Waals surface area (Å²) in [7, 11) is 1.65. The van der Waals surface area contributed by atoms with Crippen LogP contribution < -0.4 is 10.1 Å². The highest BCUT2D eigenvalue weighted by atomic mass is 16.5. The summed E-state index contributed by atoms with van der Waals surface area (Å²) in [4.78, 5) is 22.6. The van der Waals surface area contributed by atoms with E-state index in [2.05, 4.69) is 10.3 Å². The fourth-order valence-electron chi connectivity index (χ4n) is 3.50. The van der Waals surface area contributed by atoms with Gasteiger partial charge in [0.25, 0.3) is 0 Å². The van der Waals surface area contributed by atoms with Crippen molar-refractivity contribution in [3.05, 3.63) is 35.7 Å². The number of imidazole rings is 1. The Morgan fingerprint density at radius 2 is 2.38 bits per heavy atom. The van der Waals surface area contributed by atoms with Crippen molar-refractivity contribution in [1.29, 1.82) is 0 Å². The van der Waals surface area contributed by atoms with Gasteiger partial charge in [0.1, 0.15) is 11.6 Å². The normalized spacial score (nSPS) is 19.9. The number of ether oxygens (including phenoxy) is 2. The molecule has 26 heavy (non-hydrogen) atoms. The molecule has 138 valence electrons. The van der Waals surface area contributed by atoms with Gasteiger partial charge in [0.2, 0.25) is 5.91 Å². The summed E-state index contributed by atoms with van der Waals surface area (Å²) in [6.07, 6.45) is 1.25. The van der Waals surface area contributed by atoms with Crippen molar-refractivity contribution in [2.45, 2.75) is 25.4 Å². The number of methoxy groups -OCH3 is 1. The average Bonchev–Trinajstić information content (AvgIpc) is 3.12. The van der Waals surface area contributed by atoms with E-state index in [1.54, 1.807) is 7.11 Å². The highest BCUT2D eigenvalue weighted by Gasteiger charge is 2.26. The third kappa shape index (κ3) is 3.59. The predicted molar refractivity (Wildman–Crippen MR) is 96.9 cm³/mol. The maximum absolute atomic E-state index is 12.6. The van der Waals surface area contributed by atoms with Crippen molar-refractivity contribution in [3.8, 4) is 17.1 Å². The van der Waals surface area contributed by atoms with E-state index >= 15 is 0 Å². The second-order valence-corrected chi connectivity index (χ2v) is 6.74. The lowest BCUT2D eigenvalue weighted by atomic mass is 10.1. The van der Waals surface area contributed by atoms with Gasteiger partial charge in [0, 0.05) is 37.5 Å². The second-order valence-electron chi connectivity index (χ2n) is 6.74. The fraction of sp³-hybridized carbons (Fsp3) is 0.474. The predicted octanol–water partition coefficient (Wildman–Crippen LogP) is 1.35. The van der Waals surface area contributed by atoms with Crippen LogP contribution in [-0.2, 0) is 22.5 Å². The molecule has 2 aliphatic heterocycles. The van der Waals surface area contributed by atoms with Crippen LogP contribution in [0.3, 0.4) is 0 Å². The highest BCUT2D eigenvalue weighted by molar-refractivity contribution is 5.77. The van der Waals surface area contributed by atoms with Gasteiger partial charge in [-0.2, -0.15) is 0 Å². The van der Waals surface area contributed by atoms with Crippen LogP contribution >= 0.6 is 0 Å². The van der Waals surface area contributed by atoms with Crippen LogP contribution in [0, 0.1) is 0 Å². The summed E-state index contributed by atoms with van der Waals surface area (Å²) in [5, 5.41) is 3.34. The number of fused-ring (bicyclic) bond motifs is 1. The van der Waals surface area contributed by atoms with Crippen LogP contribution in [0.25, 0.3) is 11.4 Å². The van der Waals surface area contributed by atoms with Gasteiger partial charge in [-0.3, -0.25) is 4.79 Å². The monoisotopic (exact) mass is 356 g/mol. The molecule has 0 bridgehead atoms. The molecule has 1 saturated heterocycles. The van der Waals surface area contributed by atoms with Crippen molar-refractivity contribution >= 4 is 5.91 Å². The minimum atomic E-state index is 0.117. The van der Waals surface area contributed by atoms with Gasteiger partial charge in [0.15, 0.2) is 0 Å². The van der Waals surface area contributed by atoms with Crippen molar-refractivity contribution in [2.75, 3.05) is 33.4 Å². The molecule has 7 nitrogen and oxygen atoms in total. The molecular weight excluding hydrogens is 332 g/mol. The van der Waals surface area contributed by atoms with E-state index in [9.17, 15) is 4.79 Å². The standard InChI is InChI=1S/C19H24N4O3/c1-25-15-4-2-3-13(9-15)19-21-16-5-7-23(11-17(16)22-19)18(24)10-14-12-26-8-6-20-14/h2-4,9,14,20H,5-8,10-12H2,1H3,(H,21,22)/t14-/m1/s1. The number of aromatic amines is 1. The van der Waals surface area contributed by atoms with Gasteiger partial charge in [-0.05, 0) is 12.1 Å². The molecule has 1 aromatic heterocycles. The molecule has 2 N–H and O–H groups in total. The van der Waals surface area contributed by atoms with Crippen molar-refractivity contribution in [2.24, 2.45) is 0 Å². The molecular formula is C19H24N4O3. The number of aromatic nitrogens is 2. The summed E-state index contributed by atoms with van der Waals surface area (Å²) < 4.78 is 10.7. The van der Waals surface area contributed by atoms with Gasteiger partial charge >= 0.3 is 0 Å².